The largest absolute Gasteiger partial charge is 0.314 e. The molecule has 19 heavy (non-hydrogen) atoms. The highest BCUT2D eigenvalue weighted by atomic mass is 32.2. The average Bonchev–Trinajstić information content (AvgIpc) is 2.37. The van der Waals surface area contributed by atoms with Crippen LogP contribution in [0.15, 0.2) is 0 Å². The van der Waals surface area contributed by atoms with Crippen LogP contribution in [0.2, 0.25) is 0 Å². The summed E-state index contributed by atoms with van der Waals surface area (Å²) >= 11 is 0. The van der Waals surface area contributed by atoms with E-state index in [2.05, 4.69) is 17.1 Å². The molecule has 2 aliphatic rings. The van der Waals surface area contributed by atoms with E-state index in [9.17, 15) is 8.42 Å². The smallest absolute Gasteiger partial charge is 0.215 e. The van der Waals surface area contributed by atoms with Gasteiger partial charge >= 0.3 is 0 Å². The lowest BCUT2D eigenvalue weighted by molar-refractivity contribution is 0.216. The van der Waals surface area contributed by atoms with Gasteiger partial charge in [0.25, 0.3) is 0 Å². The summed E-state index contributed by atoms with van der Waals surface area (Å²) in [6.45, 7) is 9.48. The minimum absolute atomic E-state index is 0.164. The minimum atomic E-state index is -3.08. The summed E-state index contributed by atoms with van der Waals surface area (Å²) in [5.74, 6) is 0.917. The molecule has 0 radical (unpaired) electrons. The Bertz CT molecular complexity index is 379. The summed E-state index contributed by atoms with van der Waals surface area (Å²) in [5, 5.41) is 3.29. The molecule has 0 aliphatic carbocycles. The Hall–Kier alpha value is -0.170. The molecule has 0 amide bonds. The van der Waals surface area contributed by atoms with Crippen LogP contribution in [-0.4, -0.2) is 68.7 Å². The topological polar surface area (TPSA) is 52.7 Å². The number of sulfonamides is 1. The highest BCUT2D eigenvalue weighted by Gasteiger charge is 2.32. The highest BCUT2D eigenvalue weighted by Crippen LogP contribution is 2.24. The third-order valence-electron chi connectivity index (χ3n) is 4.31. The number of hydrogen-bond donors (Lipinski definition) is 1. The Kier molecular flexibility index (Phi) is 5.22. The first-order valence-corrected chi connectivity index (χ1v) is 9.02. The van der Waals surface area contributed by atoms with Gasteiger partial charge in [-0.05, 0) is 25.7 Å². The van der Waals surface area contributed by atoms with Crippen molar-refractivity contribution in [3.8, 4) is 0 Å². The molecule has 2 rings (SSSR count). The maximum absolute atomic E-state index is 12.4. The fourth-order valence-electron chi connectivity index (χ4n) is 3.10. The number of piperidine rings is 1. The van der Waals surface area contributed by atoms with Crippen molar-refractivity contribution in [1.29, 1.82) is 0 Å². The van der Waals surface area contributed by atoms with E-state index in [1.807, 2.05) is 6.92 Å². The summed E-state index contributed by atoms with van der Waals surface area (Å²) in [5.41, 5.74) is 0. The Morgan fingerprint density at radius 3 is 2.47 bits per heavy atom. The number of nitrogens with zero attached hydrogens (tertiary/aromatic N) is 2. The molecule has 2 saturated heterocycles. The summed E-state index contributed by atoms with van der Waals surface area (Å²) in [6.07, 6.45) is 1.99. The van der Waals surface area contributed by atoms with E-state index in [-0.39, 0.29) is 11.8 Å². The van der Waals surface area contributed by atoms with Gasteiger partial charge in [-0.25, -0.2) is 8.42 Å². The maximum atomic E-state index is 12.4. The average molecular weight is 289 g/mol. The Balaban J connectivity index is 1.86. The Morgan fingerprint density at radius 2 is 1.84 bits per heavy atom. The van der Waals surface area contributed by atoms with Crippen molar-refractivity contribution in [2.75, 3.05) is 45.0 Å². The van der Waals surface area contributed by atoms with Gasteiger partial charge in [-0.1, -0.05) is 6.92 Å². The monoisotopic (exact) mass is 289 g/mol. The van der Waals surface area contributed by atoms with Crippen molar-refractivity contribution in [3.63, 3.8) is 0 Å². The third kappa shape index (κ3) is 4.15. The van der Waals surface area contributed by atoms with Crippen molar-refractivity contribution >= 4 is 10.0 Å². The van der Waals surface area contributed by atoms with Gasteiger partial charge < -0.3 is 5.32 Å². The first-order valence-electron chi connectivity index (χ1n) is 7.41. The third-order valence-corrected chi connectivity index (χ3v) is 6.27. The Morgan fingerprint density at radius 1 is 1.16 bits per heavy atom. The van der Waals surface area contributed by atoms with Gasteiger partial charge in [-0.2, -0.15) is 4.31 Å². The second kappa shape index (κ2) is 6.52. The fraction of sp³-hybridized carbons (Fsp3) is 1.00. The lowest BCUT2D eigenvalue weighted by atomic mass is 9.95. The molecular weight excluding hydrogens is 262 g/mol. The quantitative estimate of drug-likeness (QED) is 0.811. The number of nitrogens with one attached hydrogen (secondary N) is 1. The molecule has 1 N–H and O–H groups in total. The van der Waals surface area contributed by atoms with Crippen LogP contribution >= 0.6 is 0 Å². The molecule has 2 atom stereocenters. The lowest BCUT2D eigenvalue weighted by Crippen LogP contribution is -2.49. The lowest BCUT2D eigenvalue weighted by Gasteiger charge is -2.36. The van der Waals surface area contributed by atoms with Gasteiger partial charge in [0.2, 0.25) is 10.0 Å². The molecule has 5 nitrogen and oxygen atoms in total. The van der Waals surface area contributed by atoms with E-state index in [0.717, 1.165) is 39.0 Å². The standard InChI is InChI=1S/C13H27N3O2S/c1-12-3-6-16(13(2)11-12)19(17,18)10-9-15-7-4-14-5-8-15/h12-14H,3-11H2,1-2H3. The van der Waals surface area contributed by atoms with Gasteiger partial charge in [0, 0.05) is 45.3 Å². The molecule has 2 aliphatic heterocycles. The van der Waals surface area contributed by atoms with Gasteiger partial charge in [-0.3, -0.25) is 4.90 Å². The van der Waals surface area contributed by atoms with Crippen molar-refractivity contribution in [2.45, 2.75) is 32.7 Å². The predicted octanol–water partition coefficient (Wildman–Crippen LogP) is 0.342. The second-order valence-corrected chi connectivity index (χ2v) is 8.04. The van der Waals surface area contributed by atoms with E-state index in [1.54, 1.807) is 4.31 Å². The van der Waals surface area contributed by atoms with Crippen LogP contribution in [0.4, 0.5) is 0 Å². The van der Waals surface area contributed by atoms with Crippen molar-refractivity contribution in [1.82, 2.24) is 14.5 Å². The first-order chi connectivity index (χ1) is 8.99. The minimum Gasteiger partial charge on any atom is -0.314 e. The molecule has 6 heteroatoms. The summed E-state index contributed by atoms with van der Waals surface area (Å²) in [4.78, 5) is 2.24. The molecule has 0 aromatic heterocycles. The van der Waals surface area contributed by atoms with Crippen molar-refractivity contribution in [3.05, 3.63) is 0 Å². The molecule has 0 aromatic rings. The van der Waals surface area contributed by atoms with Crippen LogP contribution in [0.3, 0.4) is 0 Å². The fourth-order valence-corrected chi connectivity index (χ4v) is 4.84. The maximum Gasteiger partial charge on any atom is 0.215 e. The first kappa shape index (κ1) is 15.2. The SMILES string of the molecule is CC1CCN(S(=O)(=O)CCN2CCNCC2)C(C)C1. The van der Waals surface area contributed by atoms with Crippen LogP contribution < -0.4 is 5.32 Å². The molecule has 0 bridgehead atoms. The molecule has 2 unspecified atom stereocenters. The van der Waals surface area contributed by atoms with Crippen LogP contribution in [-0.2, 0) is 10.0 Å². The number of rotatable bonds is 4. The van der Waals surface area contributed by atoms with Crippen LogP contribution in [0.5, 0.6) is 0 Å². The highest BCUT2D eigenvalue weighted by molar-refractivity contribution is 7.89. The van der Waals surface area contributed by atoms with Crippen molar-refractivity contribution < 1.29 is 8.42 Å². The molecule has 2 fully saturated rings. The van der Waals surface area contributed by atoms with Gasteiger partial charge in [0.1, 0.15) is 0 Å². The van der Waals surface area contributed by atoms with E-state index < -0.39 is 10.0 Å². The zero-order chi connectivity index (χ0) is 13.9. The van der Waals surface area contributed by atoms with Crippen molar-refractivity contribution in [2.24, 2.45) is 5.92 Å². The molecular formula is C13H27N3O2S. The molecule has 0 saturated carbocycles. The summed E-state index contributed by atoms with van der Waals surface area (Å²) in [7, 11) is -3.08. The number of hydrogen-bond acceptors (Lipinski definition) is 4. The zero-order valence-corrected chi connectivity index (χ0v) is 13.0. The summed E-state index contributed by atoms with van der Waals surface area (Å²) in [6, 6.07) is 0.164. The van der Waals surface area contributed by atoms with E-state index in [0.29, 0.717) is 19.0 Å². The normalized spacial score (nSPS) is 31.5. The predicted molar refractivity (Wildman–Crippen MR) is 77.7 cm³/mol. The molecule has 2 heterocycles. The summed E-state index contributed by atoms with van der Waals surface area (Å²) < 4.78 is 26.6. The van der Waals surface area contributed by atoms with E-state index in [1.165, 1.54) is 0 Å². The van der Waals surface area contributed by atoms with Crippen LogP contribution in [0.25, 0.3) is 0 Å². The second-order valence-electron chi connectivity index (χ2n) is 6.00. The Labute approximate surface area is 117 Å². The van der Waals surface area contributed by atoms with Crippen LogP contribution in [0.1, 0.15) is 26.7 Å². The van der Waals surface area contributed by atoms with Gasteiger partial charge in [0.15, 0.2) is 0 Å². The van der Waals surface area contributed by atoms with Gasteiger partial charge in [0.05, 0.1) is 5.75 Å². The van der Waals surface area contributed by atoms with Crippen LogP contribution in [0, 0.1) is 5.92 Å². The van der Waals surface area contributed by atoms with E-state index >= 15 is 0 Å². The van der Waals surface area contributed by atoms with E-state index in [4.69, 9.17) is 0 Å². The van der Waals surface area contributed by atoms with Gasteiger partial charge in [-0.15, -0.1) is 0 Å². The molecule has 0 spiro atoms. The molecule has 0 aromatic carbocycles. The molecule has 112 valence electrons. The zero-order valence-electron chi connectivity index (χ0n) is 12.1. The number of piperazine rings is 1.